The van der Waals surface area contributed by atoms with Crippen LogP contribution >= 0.6 is 0 Å². The van der Waals surface area contributed by atoms with Gasteiger partial charge in [0.2, 0.25) is 0 Å². The zero-order chi connectivity index (χ0) is 12.1. The maximum Gasteiger partial charge on any atom is 0.167 e. The minimum absolute atomic E-state index is 0.0409. The van der Waals surface area contributed by atoms with Crippen molar-refractivity contribution in [3.05, 3.63) is 34.7 Å². The molecule has 0 bridgehead atoms. The molecule has 16 heavy (non-hydrogen) atoms. The van der Waals surface area contributed by atoms with Gasteiger partial charge in [-0.3, -0.25) is 4.79 Å². The lowest BCUT2D eigenvalue weighted by Crippen LogP contribution is -2.25. The second kappa shape index (κ2) is 5.51. The van der Waals surface area contributed by atoms with E-state index >= 15 is 0 Å². The Hall–Kier alpha value is -1.55. The smallest absolute Gasteiger partial charge is 0.167 e. The Morgan fingerprint density at radius 3 is 2.69 bits per heavy atom. The number of carbonyl (C=O) groups is 1. The highest BCUT2D eigenvalue weighted by molar-refractivity contribution is 5.98. The number of nitrogens with zero attached hydrogens (tertiary/aromatic N) is 2. The molecule has 0 saturated carbocycles. The Kier molecular flexibility index (Phi) is 4.31. The SMILES string of the molecule is CC(CN(C)C)C(=O)c1cccc(N=O)c1. The molecule has 0 spiro atoms. The number of carbonyl (C=O) groups excluding carboxylic acids is 1. The summed E-state index contributed by atoms with van der Waals surface area (Å²) in [6.45, 7) is 2.57. The molecule has 0 aliphatic rings. The third-order valence-electron chi connectivity index (χ3n) is 2.32. The van der Waals surface area contributed by atoms with E-state index in [9.17, 15) is 9.70 Å². The molecule has 1 atom stereocenters. The van der Waals surface area contributed by atoms with Crippen molar-refractivity contribution >= 4 is 11.5 Å². The molecule has 1 aromatic rings. The van der Waals surface area contributed by atoms with Crippen molar-refractivity contribution in [2.75, 3.05) is 20.6 Å². The zero-order valence-electron chi connectivity index (χ0n) is 9.80. The second-order valence-corrected chi connectivity index (χ2v) is 4.17. The lowest BCUT2D eigenvalue weighted by atomic mass is 9.99. The standard InChI is InChI=1S/C12H16N2O2/c1-9(8-14(2)3)12(15)10-5-4-6-11(7-10)13-16/h4-7,9H,8H2,1-3H3. The molecule has 0 heterocycles. The summed E-state index contributed by atoms with van der Waals surface area (Å²) >= 11 is 0. The summed E-state index contributed by atoms with van der Waals surface area (Å²) in [4.78, 5) is 24.3. The molecule has 0 aliphatic carbocycles. The number of rotatable bonds is 5. The van der Waals surface area contributed by atoms with Gasteiger partial charge in [0.05, 0.1) is 0 Å². The average molecular weight is 220 g/mol. The van der Waals surface area contributed by atoms with Crippen molar-refractivity contribution in [2.24, 2.45) is 11.1 Å². The largest absolute Gasteiger partial charge is 0.309 e. The van der Waals surface area contributed by atoms with Crippen LogP contribution in [0.4, 0.5) is 5.69 Å². The van der Waals surface area contributed by atoms with Crippen molar-refractivity contribution < 1.29 is 4.79 Å². The second-order valence-electron chi connectivity index (χ2n) is 4.17. The fourth-order valence-electron chi connectivity index (χ4n) is 1.63. The highest BCUT2D eigenvalue weighted by Crippen LogP contribution is 2.16. The van der Waals surface area contributed by atoms with Gasteiger partial charge in [0.1, 0.15) is 5.69 Å². The van der Waals surface area contributed by atoms with Crippen molar-refractivity contribution in [1.82, 2.24) is 4.90 Å². The first-order chi connectivity index (χ1) is 7.54. The third-order valence-corrected chi connectivity index (χ3v) is 2.32. The van der Waals surface area contributed by atoms with Crippen LogP contribution in [0.25, 0.3) is 0 Å². The minimum atomic E-state index is -0.0862. The maximum absolute atomic E-state index is 12.0. The van der Waals surface area contributed by atoms with Gasteiger partial charge in [-0.25, -0.2) is 0 Å². The molecule has 0 amide bonds. The van der Waals surface area contributed by atoms with E-state index in [1.54, 1.807) is 18.2 Å². The lowest BCUT2D eigenvalue weighted by molar-refractivity contribution is 0.0910. The highest BCUT2D eigenvalue weighted by Gasteiger charge is 2.16. The van der Waals surface area contributed by atoms with E-state index in [1.807, 2.05) is 25.9 Å². The van der Waals surface area contributed by atoms with Crippen molar-refractivity contribution in [3.8, 4) is 0 Å². The van der Waals surface area contributed by atoms with Crippen LogP contribution < -0.4 is 0 Å². The molecule has 0 radical (unpaired) electrons. The Morgan fingerprint density at radius 1 is 1.44 bits per heavy atom. The molecular weight excluding hydrogens is 204 g/mol. The van der Waals surface area contributed by atoms with Crippen LogP contribution in [0.2, 0.25) is 0 Å². The van der Waals surface area contributed by atoms with Gasteiger partial charge >= 0.3 is 0 Å². The topological polar surface area (TPSA) is 49.7 Å². The zero-order valence-corrected chi connectivity index (χ0v) is 9.80. The van der Waals surface area contributed by atoms with Gasteiger partial charge in [-0.1, -0.05) is 19.1 Å². The summed E-state index contributed by atoms with van der Waals surface area (Å²) in [5.74, 6) is -0.0453. The van der Waals surface area contributed by atoms with Gasteiger partial charge < -0.3 is 4.90 Å². The highest BCUT2D eigenvalue weighted by atomic mass is 16.3. The predicted molar refractivity (Wildman–Crippen MR) is 63.9 cm³/mol. The molecule has 0 saturated heterocycles. The van der Waals surface area contributed by atoms with Crippen LogP contribution in [0.3, 0.4) is 0 Å². The quantitative estimate of drug-likeness (QED) is 0.565. The van der Waals surface area contributed by atoms with E-state index in [0.717, 1.165) is 0 Å². The molecule has 0 aliphatic heterocycles. The Balaban J connectivity index is 2.83. The number of ketones is 1. The number of benzene rings is 1. The van der Waals surface area contributed by atoms with Gasteiger partial charge in [-0.2, -0.15) is 0 Å². The lowest BCUT2D eigenvalue weighted by Gasteiger charge is -2.15. The molecular formula is C12H16N2O2. The van der Waals surface area contributed by atoms with Gasteiger partial charge in [0.15, 0.2) is 5.78 Å². The van der Waals surface area contributed by atoms with Crippen LogP contribution in [0.5, 0.6) is 0 Å². The monoisotopic (exact) mass is 220 g/mol. The molecule has 1 aromatic carbocycles. The Morgan fingerprint density at radius 2 is 2.12 bits per heavy atom. The van der Waals surface area contributed by atoms with Crippen LogP contribution in [0.1, 0.15) is 17.3 Å². The first kappa shape index (κ1) is 12.5. The van der Waals surface area contributed by atoms with Gasteiger partial charge in [0, 0.05) is 18.0 Å². The van der Waals surface area contributed by atoms with E-state index in [4.69, 9.17) is 0 Å². The van der Waals surface area contributed by atoms with Gasteiger partial charge in [-0.15, -0.1) is 4.91 Å². The van der Waals surface area contributed by atoms with E-state index in [-0.39, 0.29) is 11.7 Å². The fraction of sp³-hybridized carbons (Fsp3) is 0.417. The fourth-order valence-corrected chi connectivity index (χ4v) is 1.63. The number of Topliss-reactive ketones (excluding diaryl/α,β-unsaturated/α-hetero) is 1. The summed E-state index contributed by atoms with van der Waals surface area (Å²) in [6, 6.07) is 6.50. The summed E-state index contributed by atoms with van der Waals surface area (Å²) in [5.41, 5.74) is 0.842. The van der Waals surface area contributed by atoms with Gasteiger partial charge in [-0.05, 0) is 31.4 Å². The van der Waals surface area contributed by atoms with Crippen molar-refractivity contribution in [1.29, 1.82) is 0 Å². The first-order valence-corrected chi connectivity index (χ1v) is 5.17. The molecule has 1 rings (SSSR count). The van der Waals surface area contributed by atoms with Gasteiger partial charge in [0.25, 0.3) is 0 Å². The van der Waals surface area contributed by atoms with Crippen molar-refractivity contribution in [3.63, 3.8) is 0 Å². The van der Waals surface area contributed by atoms with E-state index in [1.165, 1.54) is 6.07 Å². The van der Waals surface area contributed by atoms with E-state index in [0.29, 0.717) is 17.8 Å². The summed E-state index contributed by atoms with van der Waals surface area (Å²) in [6.07, 6.45) is 0. The van der Waals surface area contributed by atoms with Crippen LogP contribution in [-0.4, -0.2) is 31.3 Å². The molecule has 1 unspecified atom stereocenters. The van der Waals surface area contributed by atoms with Crippen LogP contribution in [-0.2, 0) is 0 Å². The molecule has 86 valence electrons. The minimum Gasteiger partial charge on any atom is -0.309 e. The predicted octanol–water partition coefficient (Wildman–Crippen LogP) is 2.46. The number of hydrogen-bond donors (Lipinski definition) is 0. The maximum atomic E-state index is 12.0. The molecule has 0 N–H and O–H groups in total. The van der Waals surface area contributed by atoms with E-state index in [2.05, 4.69) is 5.18 Å². The third kappa shape index (κ3) is 3.24. The Labute approximate surface area is 95.2 Å². The summed E-state index contributed by atoms with van der Waals surface area (Å²) in [7, 11) is 3.85. The van der Waals surface area contributed by atoms with Crippen molar-refractivity contribution in [2.45, 2.75) is 6.92 Å². The average Bonchev–Trinajstić information content (AvgIpc) is 2.27. The summed E-state index contributed by atoms with van der Waals surface area (Å²) in [5, 5.41) is 2.82. The molecule has 4 heteroatoms. The summed E-state index contributed by atoms with van der Waals surface area (Å²) < 4.78 is 0. The molecule has 4 nitrogen and oxygen atoms in total. The van der Waals surface area contributed by atoms with E-state index < -0.39 is 0 Å². The molecule has 0 fully saturated rings. The first-order valence-electron chi connectivity index (χ1n) is 5.17. The molecule has 0 aromatic heterocycles. The van der Waals surface area contributed by atoms with Crippen LogP contribution in [0, 0.1) is 10.8 Å². The van der Waals surface area contributed by atoms with Crippen LogP contribution in [0.15, 0.2) is 29.4 Å². The normalized spacial score (nSPS) is 12.5. The Bertz CT molecular complexity index is 388. The number of hydrogen-bond acceptors (Lipinski definition) is 4. The number of nitroso groups, excluding NO2 is 1.